The van der Waals surface area contributed by atoms with Gasteiger partial charge in [-0.3, -0.25) is 0 Å². The second-order valence-corrected chi connectivity index (χ2v) is 4.05. The number of nitrogens with one attached hydrogen (secondary N) is 1. The smallest absolute Gasteiger partial charge is 0.316 e. The van der Waals surface area contributed by atoms with Crippen molar-refractivity contribution in [3.05, 3.63) is 54.1 Å². The van der Waals surface area contributed by atoms with Gasteiger partial charge in [0, 0.05) is 0 Å². The first kappa shape index (κ1) is 12.8. The third kappa shape index (κ3) is 3.64. The molecule has 5 nitrogen and oxygen atoms in total. The summed E-state index contributed by atoms with van der Waals surface area (Å²) < 4.78 is 0. The average Bonchev–Trinajstić information content (AvgIpc) is 2.38. The Morgan fingerprint density at radius 1 is 1.11 bits per heavy atom. The number of hydrogen-bond donors (Lipinski definition) is 2. The lowest BCUT2D eigenvalue weighted by Crippen LogP contribution is -2.19. The van der Waals surface area contributed by atoms with Crippen molar-refractivity contribution in [3.8, 4) is 0 Å². The summed E-state index contributed by atoms with van der Waals surface area (Å²) in [7, 11) is 0. The van der Waals surface area contributed by atoms with E-state index in [2.05, 4.69) is 15.5 Å². The lowest BCUT2D eigenvalue weighted by Gasteiger charge is -2.06. The van der Waals surface area contributed by atoms with E-state index in [1.54, 1.807) is 12.1 Å². The highest BCUT2D eigenvalue weighted by Gasteiger charge is 2.04. The van der Waals surface area contributed by atoms with Gasteiger partial charge in [0.25, 0.3) is 0 Å². The number of rotatable bonds is 3. The number of aryl methyl sites for hydroxylation is 1. The number of urea groups is 1. The van der Waals surface area contributed by atoms with Crippen molar-refractivity contribution in [3.63, 3.8) is 0 Å². The van der Waals surface area contributed by atoms with Gasteiger partial charge in [0.1, 0.15) is 5.69 Å². The molecule has 0 aliphatic heterocycles. The molecule has 0 fully saturated rings. The number of carbonyl (C=O) groups excluding carboxylic acids is 1. The van der Waals surface area contributed by atoms with E-state index in [9.17, 15) is 4.79 Å². The van der Waals surface area contributed by atoms with E-state index >= 15 is 0 Å². The highest BCUT2D eigenvalue weighted by atomic mass is 16.2. The number of anilines is 1. The van der Waals surface area contributed by atoms with Crippen LogP contribution in [0, 0.1) is 6.92 Å². The molecule has 2 aromatic rings. The topological polar surface area (TPSA) is 79.8 Å². The molecule has 0 aliphatic carbocycles. The first-order valence-corrected chi connectivity index (χ1v) is 5.79. The number of azo groups is 1. The van der Waals surface area contributed by atoms with Crippen LogP contribution in [-0.4, -0.2) is 6.03 Å². The predicted octanol–water partition coefficient (Wildman–Crippen LogP) is 3.90. The minimum atomic E-state index is -0.623. The second-order valence-electron chi connectivity index (χ2n) is 4.05. The molecule has 0 saturated heterocycles. The van der Waals surface area contributed by atoms with Gasteiger partial charge in [0.2, 0.25) is 0 Å². The minimum Gasteiger partial charge on any atom is -0.351 e. The van der Waals surface area contributed by atoms with Crippen molar-refractivity contribution in [2.75, 3.05) is 5.32 Å². The summed E-state index contributed by atoms with van der Waals surface area (Å²) in [6, 6.07) is 14.2. The average molecular weight is 254 g/mol. The molecule has 2 amide bonds. The van der Waals surface area contributed by atoms with E-state index < -0.39 is 6.03 Å². The Hall–Kier alpha value is -2.69. The Morgan fingerprint density at radius 2 is 1.84 bits per heavy atom. The molecule has 0 radical (unpaired) electrons. The number of carbonyl (C=O) groups is 1. The highest BCUT2D eigenvalue weighted by Crippen LogP contribution is 2.27. The van der Waals surface area contributed by atoms with E-state index in [0.717, 1.165) is 11.3 Å². The van der Waals surface area contributed by atoms with E-state index in [1.165, 1.54) is 0 Å². The van der Waals surface area contributed by atoms with E-state index in [-0.39, 0.29) is 0 Å². The minimum absolute atomic E-state index is 0.548. The SMILES string of the molecule is Cc1ccc(N=Nc2ccccc2)c(NC(N)=O)c1. The number of hydrogen-bond acceptors (Lipinski definition) is 3. The molecule has 0 bridgehead atoms. The fourth-order valence-corrected chi connectivity index (χ4v) is 1.58. The molecule has 96 valence electrons. The first-order chi connectivity index (χ1) is 9.15. The second kappa shape index (κ2) is 5.77. The Balaban J connectivity index is 2.29. The quantitative estimate of drug-likeness (QED) is 0.800. The fourth-order valence-electron chi connectivity index (χ4n) is 1.58. The Bertz CT molecular complexity index is 608. The van der Waals surface area contributed by atoms with Crippen LogP contribution >= 0.6 is 0 Å². The molecule has 3 N–H and O–H groups in total. The van der Waals surface area contributed by atoms with Gasteiger partial charge < -0.3 is 11.1 Å². The van der Waals surface area contributed by atoms with Crippen LogP contribution in [0.15, 0.2) is 58.8 Å². The highest BCUT2D eigenvalue weighted by molar-refractivity contribution is 5.91. The zero-order chi connectivity index (χ0) is 13.7. The molecule has 0 unspecified atom stereocenters. The summed E-state index contributed by atoms with van der Waals surface area (Å²) in [5, 5.41) is 10.8. The molecular weight excluding hydrogens is 240 g/mol. The van der Waals surface area contributed by atoms with Gasteiger partial charge in [-0.05, 0) is 36.8 Å². The maximum absolute atomic E-state index is 10.9. The summed E-state index contributed by atoms with van der Waals surface area (Å²) in [4.78, 5) is 10.9. The first-order valence-electron chi connectivity index (χ1n) is 5.79. The number of amides is 2. The van der Waals surface area contributed by atoms with Gasteiger partial charge in [0.05, 0.1) is 11.4 Å². The van der Waals surface area contributed by atoms with E-state index in [0.29, 0.717) is 11.4 Å². The van der Waals surface area contributed by atoms with Crippen LogP contribution < -0.4 is 11.1 Å². The molecule has 0 heterocycles. The Kier molecular flexibility index (Phi) is 3.87. The zero-order valence-electron chi connectivity index (χ0n) is 10.5. The molecule has 2 aromatic carbocycles. The van der Waals surface area contributed by atoms with E-state index in [1.807, 2.05) is 43.3 Å². The van der Waals surface area contributed by atoms with Crippen molar-refractivity contribution in [1.29, 1.82) is 0 Å². The van der Waals surface area contributed by atoms with Crippen molar-refractivity contribution < 1.29 is 4.79 Å². The van der Waals surface area contributed by atoms with Gasteiger partial charge >= 0.3 is 6.03 Å². The van der Waals surface area contributed by atoms with Gasteiger partial charge in [-0.15, -0.1) is 5.11 Å². The summed E-state index contributed by atoms with van der Waals surface area (Å²) in [5.41, 5.74) is 7.99. The standard InChI is InChI=1S/C14H14N4O/c1-10-7-8-12(13(9-10)16-14(15)19)18-17-11-5-3-2-4-6-11/h2-9H,1H3,(H3,15,16,19). The maximum Gasteiger partial charge on any atom is 0.316 e. The normalized spacial score (nSPS) is 10.6. The molecule has 0 saturated carbocycles. The summed E-state index contributed by atoms with van der Waals surface area (Å²) in [5.74, 6) is 0. The van der Waals surface area contributed by atoms with Crippen molar-refractivity contribution in [2.24, 2.45) is 16.0 Å². The molecule has 5 heteroatoms. The number of benzene rings is 2. The third-order valence-corrected chi connectivity index (χ3v) is 2.44. The van der Waals surface area contributed by atoms with Crippen LogP contribution in [0.4, 0.5) is 21.9 Å². The van der Waals surface area contributed by atoms with E-state index in [4.69, 9.17) is 5.73 Å². The van der Waals surface area contributed by atoms with Gasteiger partial charge in [-0.1, -0.05) is 24.3 Å². The van der Waals surface area contributed by atoms with Crippen LogP contribution in [-0.2, 0) is 0 Å². The fraction of sp³-hybridized carbons (Fsp3) is 0.0714. The van der Waals surface area contributed by atoms with Crippen molar-refractivity contribution >= 4 is 23.1 Å². The third-order valence-electron chi connectivity index (χ3n) is 2.44. The van der Waals surface area contributed by atoms with Crippen LogP contribution in [0.25, 0.3) is 0 Å². The van der Waals surface area contributed by atoms with Crippen molar-refractivity contribution in [1.82, 2.24) is 0 Å². The molecule has 0 spiro atoms. The summed E-state index contributed by atoms with van der Waals surface area (Å²) in [6.45, 7) is 1.92. The number of nitrogens with two attached hydrogens (primary N) is 1. The van der Waals surface area contributed by atoms with Crippen LogP contribution in [0.5, 0.6) is 0 Å². The maximum atomic E-state index is 10.9. The van der Waals surface area contributed by atoms with Gasteiger partial charge in [0.15, 0.2) is 0 Å². The Morgan fingerprint density at radius 3 is 2.53 bits per heavy atom. The monoisotopic (exact) mass is 254 g/mol. The molecule has 0 aromatic heterocycles. The molecular formula is C14H14N4O. The number of primary amides is 1. The van der Waals surface area contributed by atoms with Gasteiger partial charge in [-0.2, -0.15) is 5.11 Å². The predicted molar refractivity (Wildman–Crippen MR) is 75.0 cm³/mol. The molecule has 0 atom stereocenters. The molecule has 19 heavy (non-hydrogen) atoms. The lowest BCUT2D eigenvalue weighted by molar-refractivity contribution is 0.259. The van der Waals surface area contributed by atoms with Crippen LogP contribution in [0.2, 0.25) is 0 Å². The molecule has 0 aliphatic rings. The van der Waals surface area contributed by atoms with Crippen molar-refractivity contribution in [2.45, 2.75) is 6.92 Å². The molecule has 2 rings (SSSR count). The van der Waals surface area contributed by atoms with Gasteiger partial charge in [-0.25, -0.2) is 4.79 Å². The summed E-state index contributed by atoms with van der Waals surface area (Å²) in [6.07, 6.45) is 0. The summed E-state index contributed by atoms with van der Waals surface area (Å²) >= 11 is 0. The van der Waals surface area contributed by atoms with Crippen LogP contribution in [0.3, 0.4) is 0 Å². The van der Waals surface area contributed by atoms with Crippen LogP contribution in [0.1, 0.15) is 5.56 Å². The Labute approximate surface area is 111 Å². The largest absolute Gasteiger partial charge is 0.351 e. The zero-order valence-corrected chi connectivity index (χ0v) is 10.5. The number of nitrogens with zero attached hydrogens (tertiary/aromatic N) is 2. The lowest BCUT2D eigenvalue weighted by atomic mass is 10.2.